The van der Waals surface area contributed by atoms with Crippen LogP contribution in [-0.2, 0) is 9.59 Å². The number of nitrogens with two attached hydrogens (primary N) is 1. The van der Waals surface area contributed by atoms with Gasteiger partial charge in [0.2, 0.25) is 11.8 Å². The molecule has 23 heavy (non-hydrogen) atoms. The number of urea groups is 1. The molecule has 2 rings (SSSR count). The van der Waals surface area contributed by atoms with E-state index in [4.69, 9.17) is 17.3 Å². The number of carbonyl (C=O) groups is 3. The van der Waals surface area contributed by atoms with Gasteiger partial charge in [0.05, 0.1) is 16.8 Å². The number of hydrogen-bond donors (Lipinski definition) is 2. The van der Waals surface area contributed by atoms with Crippen molar-refractivity contribution in [1.29, 1.82) is 0 Å². The van der Waals surface area contributed by atoms with Crippen LogP contribution in [0.2, 0.25) is 5.02 Å². The Morgan fingerprint density at radius 2 is 2.13 bits per heavy atom. The molecule has 8 heteroatoms. The van der Waals surface area contributed by atoms with Crippen molar-refractivity contribution >= 4 is 35.1 Å². The third-order valence-corrected chi connectivity index (χ3v) is 4.13. The van der Waals surface area contributed by atoms with E-state index in [-0.39, 0.29) is 18.4 Å². The van der Waals surface area contributed by atoms with Crippen LogP contribution in [0.25, 0.3) is 0 Å². The summed E-state index contributed by atoms with van der Waals surface area (Å²) in [5, 5.41) is 2.53. The minimum Gasteiger partial charge on any atom is -0.351 e. The van der Waals surface area contributed by atoms with Gasteiger partial charge < -0.3 is 10.6 Å². The van der Waals surface area contributed by atoms with E-state index in [0.29, 0.717) is 30.2 Å². The fraction of sp³-hybridized carbons (Fsp3) is 0.400. The lowest BCUT2D eigenvalue weighted by molar-refractivity contribution is -0.123. The van der Waals surface area contributed by atoms with Gasteiger partial charge in [-0.15, -0.1) is 0 Å². The summed E-state index contributed by atoms with van der Waals surface area (Å²) in [6.45, 7) is 0.928. The van der Waals surface area contributed by atoms with Crippen LogP contribution in [0.4, 0.5) is 10.5 Å². The second kappa shape index (κ2) is 7.43. The molecule has 124 valence electrons. The highest BCUT2D eigenvalue weighted by atomic mass is 35.5. The van der Waals surface area contributed by atoms with Crippen molar-refractivity contribution in [3.63, 3.8) is 0 Å². The van der Waals surface area contributed by atoms with Gasteiger partial charge in [0, 0.05) is 19.5 Å². The number of likely N-dealkylation sites (N-methyl/N-ethyl adjacent to an activating group) is 1. The van der Waals surface area contributed by atoms with E-state index in [1.165, 1.54) is 0 Å². The van der Waals surface area contributed by atoms with Crippen LogP contribution in [0, 0.1) is 0 Å². The van der Waals surface area contributed by atoms with E-state index in [1.807, 2.05) is 23.5 Å². The maximum absolute atomic E-state index is 12.6. The third kappa shape index (κ3) is 4.20. The maximum Gasteiger partial charge on any atom is 0.318 e. The molecule has 0 radical (unpaired) electrons. The summed E-state index contributed by atoms with van der Waals surface area (Å²) >= 11 is 6.14. The van der Waals surface area contributed by atoms with Crippen molar-refractivity contribution in [1.82, 2.24) is 10.2 Å². The Kier molecular flexibility index (Phi) is 5.57. The number of carbonyl (C=O) groups excluding carboxylic acids is 3. The Balaban J connectivity index is 1.95. The molecular weight excluding hydrogens is 320 g/mol. The van der Waals surface area contributed by atoms with Crippen molar-refractivity contribution in [2.24, 2.45) is 5.73 Å². The van der Waals surface area contributed by atoms with E-state index < -0.39 is 11.9 Å². The zero-order chi connectivity index (χ0) is 17.0. The Morgan fingerprint density at radius 3 is 2.78 bits per heavy atom. The molecule has 1 aromatic carbocycles. The summed E-state index contributed by atoms with van der Waals surface area (Å²) in [5.41, 5.74) is 5.58. The number of rotatable bonds is 5. The first-order valence-electron chi connectivity index (χ1n) is 7.25. The van der Waals surface area contributed by atoms with E-state index in [9.17, 15) is 14.4 Å². The van der Waals surface area contributed by atoms with Crippen molar-refractivity contribution < 1.29 is 14.4 Å². The van der Waals surface area contributed by atoms with Crippen LogP contribution in [0.5, 0.6) is 0 Å². The number of nitrogens with one attached hydrogen (secondary N) is 1. The SMILES string of the molecule is CN(CCC(=O)NC(N)=O)C1CCN(c2ccccc2Cl)C1=O. The molecule has 0 aliphatic carbocycles. The summed E-state index contributed by atoms with van der Waals surface area (Å²) < 4.78 is 0. The minimum absolute atomic E-state index is 0.0455. The van der Waals surface area contributed by atoms with Crippen LogP contribution in [0.3, 0.4) is 0 Å². The first-order valence-corrected chi connectivity index (χ1v) is 7.63. The van der Waals surface area contributed by atoms with Crippen LogP contribution in [-0.4, -0.2) is 48.9 Å². The fourth-order valence-electron chi connectivity index (χ4n) is 2.62. The van der Waals surface area contributed by atoms with Gasteiger partial charge in [0.25, 0.3) is 0 Å². The number of hydrogen-bond acceptors (Lipinski definition) is 4. The molecule has 1 aromatic rings. The first kappa shape index (κ1) is 17.2. The van der Waals surface area contributed by atoms with Crippen LogP contribution >= 0.6 is 11.6 Å². The first-order chi connectivity index (χ1) is 10.9. The molecule has 1 atom stereocenters. The monoisotopic (exact) mass is 338 g/mol. The number of primary amides is 1. The quantitative estimate of drug-likeness (QED) is 0.836. The number of nitrogens with zero attached hydrogens (tertiary/aromatic N) is 2. The van der Waals surface area contributed by atoms with Gasteiger partial charge in [0.1, 0.15) is 0 Å². The smallest absolute Gasteiger partial charge is 0.318 e. The second-order valence-corrected chi connectivity index (χ2v) is 5.80. The zero-order valence-corrected chi connectivity index (χ0v) is 13.5. The van der Waals surface area contributed by atoms with E-state index in [0.717, 1.165) is 0 Å². The van der Waals surface area contributed by atoms with E-state index in [2.05, 4.69) is 0 Å². The number of amides is 4. The number of halogens is 1. The summed E-state index contributed by atoms with van der Waals surface area (Å²) in [5.74, 6) is -0.506. The predicted octanol–water partition coefficient (Wildman–Crippen LogP) is 0.962. The summed E-state index contributed by atoms with van der Waals surface area (Å²) in [6, 6.07) is 6.01. The van der Waals surface area contributed by atoms with Crippen molar-refractivity contribution in [3.8, 4) is 0 Å². The number of para-hydroxylation sites is 1. The average molecular weight is 339 g/mol. The highest BCUT2D eigenvalue weighted by Gasteiger charge is 2.35. The Labute approximate surface area is 139 Å². The lowest BCUT2D eigenvalue weighted by Crippen LogP contribution is -2.42. The van der Waals surface area contributed by atoms with Gasteiger partial charge >= 0.3 is 6.03 Å². The number of anilines is 1. The topological polar surface area (TPSA) is 95.7 Å². The highest BCUT2D eigenvalue weighted by Crippen LogP contribution is 2.30. The molecule has 1 unspecified atom stereocenters. The largest absolute Gasteiger partial charge is 0.351 e. The molecule has 0 aromatic heterocycles. The molecule has 1 saturated heterocycles. The highest BCUT2D eigenvalue weighted by molar-refractivity contribution is 6.33. The zero-order valence-electron chi connectivity index (χ0n) is 12.8. The molecule has 7 nitrogen and oxygen atoms in total. The molecule has 1 aliphatic heterocycles. The number of imide groups is 1. The molecule has 1 aliphatic rings. The van der Waals surface area contributed by atoms with Gasteiger partial charge in [-0.2, -0.15) is 0 Å². The maximum atomic E-state index is 12.6. The fourth-order valence-corrected chi connectivity index (χ4v) is 2.86. The molecule has 0 bridgehead atoms. The molecule has 1 fully saturated rings. The Morgan fingerprint density at radius 1 is 1.43 bits per heavy atom. The lowest BCUT2D eigenvalue weighted by atomic mass is 10.2. The molecule has 4 amide bonds. The molecule has 3 N–H and O–H groups in total. The predicted molar refractivity (Wildman–Crippen MR) is 87.2 cm³/mol. The van der Waals surface area contributed by atoms with Crippen LogP contribution in [0.15, 0.2) is 24.3 Å². The van der Waals surface area contributed by atoms with Crippen LogP contribution < -0.4 is 16.0 Å². The van der Waals surface area contributed by atoms with E-state index >= 15 is 0 Å². The second-order valence-electron chi connectivity index (χ2n) is 5.39. The average Bonchev–Trinajstić information content (AvgIpc) is 2.86. The van der Waals surface area contributed by atoms with Crippen molar-refractivity contribution in [2.75, 3.05) is 25.0 Å². The standard InChI is InChI=1S/C15H19ClN4O3/c1-19(8-7-13(21)18-15(17)23)12-6-9-20(14(12)22)11-5-3-2-4-10(11)16/h2-5,12H,6-9H2,1H3,(H3,17,18,21,23). The summed E-state index contributed by atoms with van der Waals surface area (Å²) in [6.07, 6.45) is 0.743. The molecule has 0 spiro atoms. The van der Waals surface area contributed by atoms with Gasteiger partial charge in [-0.1, -0.05) is 23.7 Å². The van der Waals surface area contributed by atoms with Crippen molar-refractivity contribution in [2.45, 2.75) is 18.9 Å². The molecule has 1 heterocycles. The minimum atomic E-state index is -0.875. The molecule has 0 saturated carbocycles. The Hall–Kier alpha value is -2.12. The summed E-state index contributed by atoms with van der Waals surface area (Å²) in [4.78, 5) is 38.1. The van der Waals surface area contributed by atoms with Gasteiger partial charge in [-0.3, -0.25) is 19.8 Å². The lowest BCUT2D eigenvalue weighted by Gasteiger charge is -2.23. The van der Waals surface area contributed by atoms with E-state index in [1.54, 1.807) is 22.9 Å². The van der Waals surface area contributed by atoms with Gasteiger partial charge in [-0.05, 0) is 25.6 Å². The normalized spacial score (nSPS) is 17.6. The molecular formula is C15H19ClN4O3. The third-order valence-electron chi connectivity index (χ3n) is 3.81. The summed E-state index contributed by atoms with van der Waals surface area (Å²) in [7, 11) is 1.77. The van der Waals surface area contributed by atoms with Crippen molar-refractivity contribution in [3.05, 3.63) is 29.3 Å². The number of benzene rings is 1. The van der Waals surface area contributed by atoms with Gasteiger partial charge in [0.15, 0.2) is 0 Å². The Bertz CT molecular complexity index is 622. The van der Waals surface area contributed by atoms with Gasteiger partial charge in [-0.25, -0.2) is 4.79 Å². The van der Waals surface area contributed by atoms with Crippen LogP contribution in [0.1, 0.15) is 12.8 Å².